The van der Waals surface area contributed by atoms with E-state index in [2.05, 4.69) is 20.5 Å². The number of hydrogen-bond donors (Lipinski definition) is 3. The van der Waals surface area contributed by atoms with Gasteiger partial charge in [-0.15, -0.1) is 10.2 Å². The first-order valence-electron chi connectivity index (χ1n) is 13.9. The minimum atomic E-state index is -3.96. The Bertz CT molecular complexity index is 1200. The van der Waals surface area contributed by atoms with Gasteiger partial charge >= 0.3 is 7.82 Å². The average molecular weight is 653 g/mol. The van der Waals surface area contributed by atoms with Crippen molar-refractivity contribution in [3.05, 3.63) is 21.7 Å². The first kappa shape index (κ1) is 34.8. The lowest BCUT2D eigenvalue weighted by Gasteiger charge is -2.37. The molecule has 42 heavy (non-hydrogen) atoms. The maximum Gasteiger partial charge on any atom is 0.476 e. The van der Waals surface area contributed by atoms with E-state index in [0.29, 0.717) is 41.8 Å². The number of methoxy groups -OCH3 is 1. The quantitative estimate of drug-likeness (QED) is 0.226. The van der Waals surface area contributed by atoms with Crippen LogP contribution >= 0.6 is 30.8 Å². The Hall–Kier alpha value is -1.68. The zero-order chi connectivity index (χ0) is 31.0. The van der Waals surface area contributed by atoms with Gasteiger partial charge in [0.2, 0.25) is 11.0 Å². The monoisotopic (exact) mass is 652 g/mol. The lowest BCUT2D eigenvalue weighted by Crippen LogP contribution is -2.55. The third-order valence-corrected chi connectivity index (χ3v) is 9.19. The number of amides is 1. The molecule has 0 saturated carbocycles. The molecule has 0 radical (unpaired) electrons. The molecule has 3 rings (SSSR count). The summed E-state index contributed by atoms with van der Waals surface area (Å²) in [5.41, 5.74) is 0.488. The van der Waals surface area contributed by atoms with Gasteiger partial charge in [-0.3, -0.25) is 22.9 Å². The number of rotatable bonds is 16. The van der Waals surface area contributed by atoms with Crippen molar-refractivity contribution in [2.75, 3.05) is 44.9 Å². The Morgan fingerprint density at radius 2 is 1.86 bits per heavy atom. The number of aromatic nitrogens is 4. The number of anilines is 1. The summed E-state index contributed by atoms with van der Waals surface area (Å²) in [7, 11) is -2.40. The topological polar surface area (TPSA) is 170 Å². The van der Waals surface area contributed by atoms with E-state index >= 15 is 0 Å². The van der Waals surface area contributed by atoms with Crippen LogP contribution in [0.1, 0.15) is 68.5 Å². The van der Waals surface area contributed by atoms with Crippen molar-refractivity contribution in [2.45, 2.75) is 72.4 Å². The van der Waals surface area contributed by atoms with Crippen LogP contribution in [-0.4, -0.2) is 88.0 Å². The SMILES string of the molecule is CCc1nc(C(=O)N[C@@H]2CCN(c3nnc([C@@H](O)CO)s3)C[C@@H]2OC)n(COP(=O)(OCC(C)C)OCC(C)C)c1Cl. The van der Waals surface area contributed by atoms with E-state index in [1.54, 1.807) is 7.11 Å². The molecule has 1 fully saturated rings. The molecule has 2 aromatic heterocycles. The Balaban J connectivity index is 1.73. The van der Waals surface area contributed by atoms with Gasteiger partial charge in [0.25, 0.3) is 5.91 Å². The Kier molecular flexibility index (Phi) is 13.2. The van der Waals surface area contributed by atoms with E-state index in [-0.39, 0.29) is 48.8 Å². The molecule has 0 aromatic carbocycles. The summed E-state index contributed by atoms with van der Waals surface area (Å²) in [6.07, 6.45) is -0.496. The van der Waals surface area contributed by atoms with Crippen LogP contribution in [0.15, 0.2) is 0 Å². The molecule has 0 spiro atoms. The zero-order valence-electron chi connectivity index (χ0n) is 24.9. The predicted molar refractivity (Wildman–Crippen MR) is 158 cm³/mol. The van der Waals surface area contributed by atoms with E-state index in [0.717, 1.165) is 0 Å². The summed E-state index contributed by atoms with van der Waals surface area (Å²) in [6, 6.07) is -0.362. The number of carbonyl (C=O) groups excluding carboxylic acids is 1. The highest BCUT2D eigenvalue weighted by Crippen LogP contribution is 2.50. The van der Waals surface area contributed by atoms with Gasteiger partial charge in [-0.1, -0.05) is 57.6 Å². The minimum absolute atomic E-state index is 0.000146. The number of nitrogens with one attached hydrogen (secondary N) is 1. The largest absolute Gasteiger partial charge is 0.476 e. The summed E-state index contributed by atoms with van der Waals surface area (Å²) in [4.78, 5) is 19.9. The fourth-order valence-electron chi connectivity index (χ4n) is 4.01. The maximum atomic E-state index is 13.5. The standard InChI is InChI=1S/C25H42ClN6O8PS/c1-7-17-21(26)32(14-40-41(36,38-12-15(2)3)39-13-16(4)5)22(27-17)23(35)28-18-8-9-31(10-20(18)37-6)25-30-29-24(42-25)19(34)11-33/h15-16,18-20,33-34H,7-14H2,1-6H3,(H,28,35)/t18-,19+,20+/m1/s1. The molecule has 1 aliphatic rings. The van der Waals surface area contributed by atoms with Crippen LogP contribution in [0.25, 0.3) is 0 Å². The van der Waals surface area contributed by atoms with E-state index in [1.807, 2.05) is 39.5 Å². The Morgan fingerprint density at radius 1 is 1.19 bits per heavy atom. The van der Waals surface area contributed by atoms with Crippen LogP contribution in [0.2, 0.25) is 5.15 Å². The molecule has 14 nitrogen and oxygen atoms in total. The maximum absolute atomic E-state index is 13.5. The van der Waals surface area contributed by atoms with Crippen LogP contribution in [0.4, 0.5) is 5.13 Å². The van der Waals surface area contributed by atoms with Crippen molar-refractivity contribution in [1.29, 1.82) is 0 Å². The van der Waals surface area contributed by atoms with Gasteiger partial charge in [-0.05, 0) is 24.7 Å². The van der Waals surface area contributed by atoms with Gasteiger partial charge < -0.3 is 25.2 Å². The van der Waals surface area contributed by atoms with Crippen molar-refractivity contribution in [3.63, 3.8) is 0 Å². The molecule has 1 aliphatic heterocycles. The highest BCUT2D eigenvalue weighted by atomic mass is 35.5. The highest BCUT2D eigenvalue weighted by molar-refractivity contribution is 7.48. The van der Waals surface area contributed by atoms with Gasteiger partial charge in [0, 0.05) is 20.2 Å². The number of aliphatic hydroxyl groups is 2. The van der Waals surface area contributed by atoms with E-state index < -0.39 is 32.5 Å². The normalized spacial score (nSPS) is 18.7. The molecule has 17 heteroatoms. The molecular weight excluding hydrogens is 611 g/mol. The first-order chi connectivity index (χ1) is 19.9. The summed E-state index contributed by atoms with van der Waals surface area (Å²) in [5.74, 6) is -0.308. The van der Waals surface area contributed by atoms with Gasteiger partial charge in [0.15, 0.2) is 0 Å². The number of carbonyl (C=O) groups is 1. The molecule has 1 amide bonds. The third-order valence-electron chi connectivity index (χ3n) is 6.32. The third kappa shape index (κ3) is 9.16. The van der Waals surface area contributed by atoms with E-state index in [9.17, 15) is 19.6 Å². The molecule has 3 N–H and O–H groups in total. The van der Waals surface area contributed by atoms with Crippen LogP contribution in [0.3, 0.4) is 0 Å². The minimum Gasteiger partial charge on any atom is -0.393 e. The second-order valence-corrected chi connectivity index (χ2v) is 13.8. The summed E-state index contributed by atoms with van der Waals surface area (Å²) in [6.45, 7) is 9.99. The van der Waals surface area contributed by atoms with Crippen molar-refractivity contribution in [2.24, 2.45) is 11.8 Å². The molecule has 2 aromatic rings. The number of ether oxygens (including phenoxy) is 1. The van der Waals surface area contributed by atoms with Gasteiger partial charge in [0.05, 0.1) is 37.7 Å². The first-order valence-corrected chi connectivity index (χ1v) is 16.6. The lowest BCUT2D eigenvalue weighted by molar-refractivity contribution is 0.0526. The van der Waals surface area contributed by atoms with Crippen LogP contribution in [0.5, 0.6) is 0 Å². The number of piperidine rings is 1. The van der Waals surface area contributed by atoms with Gasteiger partial charge in [-0.25, -0.2) is 9.55 Å². The predicted octanol–water partition coefficient (Wildman–Crippen LogP) is 3.43. The van der Waals surface area contributed by atoms with Gasteiger partial charge in [-0.2, -0.15) is 0 Å². The lowest BCUT2D eigenvalue weighted by atomic mass is 10.0. The van der Waals surface area contributed by atoms with E-state index in [4.69, 9.17) is 29.9 Å². The van der Waals surface area contributed by atoms with Crippen LogP contribution in [0, 0.1) is 11.8 Å². The molecule has 3 atom stereocenters. The second-order valence-electron chi connectivity index (χ2n) is 10.7. The molecule has 3 heterocycles. The summed E-state index contributed by atoms with van der Waals surface area (Å²) in [5, 5.41) is 31.2. The second kappa shape index (κ2) is 15.9. The number of halogens is 1. The van der Waals surface area contributed by atoms with E-state index in [1.165, 1.54) is 15.9 Å². The molecule has 1 saturated heterocycles. The number of aliphatic hydroxyl groups excluding tert-OH is 2. The van der Waals surface area contributed by atoms with Crippen LogP contribution < -0.4 is 10.2 Å². The van der Waals surface area contributed by atoms with Crippen molar-refractivity contribution < 1.29 is 37.9 Å². The number of hydrogen-bond acceptors (Lipinski definition) is 13. The smallest absolute Gasteiger partial charge is 0.393 e. The number of phosphoric acid groups is 1. The van der Waals surface area contributed by atoms with Crippen molar-refractivity contribution in [1.82, 2.24) is 25.1 Å². The van der Waals surface area contributed by atoms with Crippen molar-refractivity contribution >= 4 is 41.8 Å². The molecule has 0 unspecified atom stereocenters. The number of aryl methyl sites for hydroxylation is 1. The highest BCUT2D eigenvalue weighted by Gasteiger charge is 2.35. The molecule has 0 bridgehead atoms. The summed E-state index contributed by atoms with van der Waals surface area (Å²) < 4.78 is 37.1. The zero-order valence-corrected chi connectivity index (χ0v) is 27.3. The number of nitrogens with zero attached hydrogens (tertiary/aromatic N) is 5. The van der Waals surface area contributed by atoms with Crippen molar-refractivity contribution in [3.8, 4) is 0 Å². The van der Waals surface area contributed by atoms with Crippen LogP contribution in [-0.2, 0) is 36.0 Å². The molecule has 238 valence electrons. The molecule has 0 aliphatic carbocycles. The van der Waals surface area contributed by atoms with Gasteiger partial charge in [0.1, 0.15) is 23.0 Å². The average Bonchev–Trinajstić information content (AvgIpc) is 3.58. The fraction of sp³-hybridized carbons (Fsp3) is 0.760. The summed E-state index contributed by atoms with van der Waals surface area (Å²) >= 11 is 7.76. The Labute approximate surface area is 255 Å². The Morgan fingerprint density at radius 3 is 2.43 bits per heavy atom. The molecular formula is C25H42ClN6O8PS. The fourth-order valence-corrected chi connectivity index (χ4v) is 6.62. The number of imidazole rings is 1. The number of phosphoric ester groups is 1.